The predicted molar refractivity (Wildman–Crippen MR) is 112 cm³/mol. The normalized spacial score (nSPS) is 15.6. The van der Waals surface area contributed by atoms with Crippen LogP contribution >= 0.6 is 0 Å². The molecule has 2 aromatic carbocycles. The monoisotopic (exact) mass is 380 g/mol. The molecule has 6 nitrogen and oxygen atoms in total. The number of carbonyl (C=O) groups is 2. The maximum atomic E-state index is 12.4. The minimum absolute atomic E-state index is 0.0104. The highest BCUT2D eigenvalue weighted by Gasteiger charge is 2.17. The molecule has 0 spiro atoms. The second kappa shape index (κ2) is 10.0. The van der Waals surface area contributed by atoms with Crippen molar-refractivity contribution in [2.75, 3.05) is 43.4 Å². The van der Waals surface area contributed by atoms with Gasteiger partial charge in [-0.05, 0) is 49.3 Å². The molecule has 3 rings (SSSR count). The van der Waals surface area contributed by atoms with E-state index in [1.165, 1.54) is 12.5 Å². The first kappa shape index (κ1) is 20.0. The van der Waals surface area contributed by atoms with Crippen LogP contribution in [-0.2, 0) is 16.1 Å². The molecule has 28 heavy (non-hydrogen) atoms. The lowest BCUT2D eigenvalue weighted by molar-refractivity contribution is -0.117. The van der Waals surface area contributed by atoms with Gasteiger partial charge in [-0.15, -0.1) is 0 Å². The second-order valence-corrected chi connectivity index (χ2v) is 7.20. The maximum Gasteiger partial charge on any atom is 0.238 e. The van der Waals surface area contributed by atoms with E-state index < -0.39 is 0 Å². The van der Waals surface area contributed by atoms with E-state index >= 15 is 0 Å². The number of nitrogens with one attached hydrogen (secondary N) is 2. The Hall–Kier alpha value is -2.70. The summed E-state index contributed by atoms with van der Waals surface area (Å²) in [5.41, 5.74) is 2.78. The maximum absolute atomic E-state index is 12.4. The average molecular weight is 380 g/mol. The Morgan fingerprint density at radius 2 is 1.43 bits per heavy atom. The zero-order valence-electron chi connectivity index (χ0n) is 16.4. The van der Waals surface area contributed by atoms with Crippen LogP contribution in [0.15, 0.2) is 54.6 Å². The molecule has 0 bridgehead atoms. The number of nitrogens with zero attached hydrogens (tertiary/aromatic N) is 2. The first-order valence-corrected chi connectivity index (χ1v) is 9.74. The molecule has 6 heteroatoms. The van der Waals surface area contributed by atoms with Crippen LogP contribution in [0.2, 0.25) is 0 Å². The molecule has 148 valence electrons. The van der Waals surface area contributed by atoms with E-state index in [2.05, 4.69) is 44.7 Å². The summed E-state index contributed by atoms with van der Waals surface area (Å²) in [6.07, 6.45) is 1.06. The van der Waals surface area contributed by atoms with Gasteiger partial charge in [0.1, 0.15) is 0 Å². The Morgan fingerprint density at radius 1 is 0.821 bits per heavy atom. The molecule has 0 aliphatic carbocycles. The summed E-state index contributed by atoms with van der Waals surface area (Å²) in [6, 6.07) is 17.7. The van der Waals surface area contributed by atoms with E-state index in [-0.39, 0.29) is 11.8 Å². The van der Waals surface area contributed by atoms with Gasteiger partial charge in [0.15, 0.2) is 0 Å². The van der Waals surface area contributed by atoms with Gasteiger partial charge in [0.2, 0.25) is 11.8 Å². The third kappa shape index (κ3) is 6.48. The van der Waals surface area contributed by atoms with E-state index in [0.717, 1.165) is 50.5 Å². The van der Waals surface area contributed by atoms with Gasteiger partial charge in [0, 0.05) is 37.9 Å². The summed E-state index contributed by atoms with van der Waals surface area (Å²) in [4.78, 5) is 28.1. The molecule has 1 aliphatic heterocycles. The molecule has 1 saturated heterocycles. The molecule has 2 amide bonds. The zero-order chi connectivity index (χ0) is 19.8. The molecule has 2 N–H and O–H groups in total. The molecule has 0 saturated carbocycles. The summed E-state index contributed by atoms with van der Waals surface area (Å²) < 4.78 is 0. The highest BCUT2D eigenvalue weighted by Crippen LogP contribution is 2.14. The Labute approximate surface area is 166 Å². The van der Waals surface area contributed by atoms with Gasteiger partial charge < -0.3 is 10.6 Å². The smallest absolute Gasteiger partial charge is 0.238 e. The lowest BCUT2D eigenvalue weighted by atomic mass is 10.2. The molecule has 0 unspecified atom stereocenters. The number of hydrogen-bond donors (Lipinski definition) is 2. The van der Waals surface area contributed by atoms with Crippen LogP contribution in [-0.4, -0.2) is 54.3 Å². The van der Waals surface area contributed by atoms with Crippen molar-refractivity contribution in [2.45, 2.75) is 19.9 Å². The number of carbonyl (C=O) groups excluding carboxylic acids is 2. The molecule has 2 aromatic rings. The summed E-state index contributed by atoms with van der Waals surface area (Å²) in [7, 11) is 0. The summed E-state index contributed by atoms with van der Waals surface area (Å²) >= 11 is 0. The highest BCUT2D eigenvalue weighted by atomic mass is 16.2. The van der Waals surface area contributed by atoms with Gasteiger partial charge in [0.25, 0.3) is 0 Å². The fourth-order valence-corrected chi connectivity index (χ4v) is 3.43. The van der Waals surface area contributed by atoms with Crippen molar-refractivity contribution in [3.63, 3.8) is 0 Å². The number of amides is 2. The van der Waals surface area contributed by atoms with Crippen molar-refractivity contribution in [3.8, 4) is 0 Å². The average Bonchev–Trinajstić information content (AvgIpc) is 2.89. The molecule has 1 aliphatic rings. The first-order valence-electron chi connectivity index (χ1n) is 9.74. The van der Waals surface area contributed by atoms with Gasteiger partial charge in [0.05, 0.1) is 6.54 Å². The minimum atomic E-state index is -0.112. The molecule has 1 fully saturated rings. The summed E-state index contributed by atoms with van der Waals surface area (Å²) in [6.45, 7) is 6.67. The lowest BCUT2D eigenvalue weighted by Gasteiger charge is -2.21. The Balaban J connectivity index is 1.44. The number of hydrogen-bond acceptors (Lipinski definition) is 4. The van der Waals surface area contributed by atoms with Gasteiger partial charge in [-0.3, -0.25) is 19.4 Å². The third-order valence-corrected chi connectivity index (χ3v) is 4.79. The molecule has 0 aromatic heterocycles. The number of rotatable bonds is 6. The second-order valence-electron chi connectivity index (χ2n) is 7.20. The molecule has 0 radical (unpaired) electrons. The Bertz CT molecular complexity index is 777. The number of anilines is 2. The highest BCUT2D eigenvalue weighted by molar-refractivity contribution is 5.93. The van der Waals surface area contributed by atoms with E-state index in [1.54, 1.807) is 24.3 Å². The van der Waals surface area contributed by atoms with Gasteiger partial charge in [-0.2, -0.15) is 0 Å². The fourth-order valence-electron chi connectivity index (χ4n) is 3.43. The molecular formula is C22H28N4O2. The van der Waals surface area contributed by atoms with Gasteiger partial charge in [-0.25, -0.2) is 0 Å². The number of benzene rings is 2. The first-order chi connectivity index (χ1) is 13.6. The van der Waals surface area contributed by atoms with Crippen LogP contribution in [0, 0.1) is 0 Å². The molecule has 0 atom stereocenters. The van der Waals surface area contributed by atoms with Crippen molar-refractivity contribution in [1.29, 1.82) is 0 Å². The van der Waals surface area contributed by atoms with Crippen LogP contribution in [0.3, 0.4) is 0 Å². The summed E-state index contributed by atoms with van der Waals surface area (Å²) in [5, 5.41) is 5.65. The van der Waals surface area contributed by atoms with Crippen molar-refractivity contribution >= 4 is 23.2 Å². The third-order valence-electron chi connectivity index (χ3n) is 4.79. The van der Waals surface area contributed by atoms with Crippen LogP contribution in [0.1, 0.15) is 18.9 Å². The molecular weight excluding hydrogens is 352 g/mol. The van der Waals surface area contributed by atoms with E-state index in [9.17, 15) is 9.59 Å². The van der Waals surface area contributed by atoms with Crippen LogP contribution in [0.5, 0.6) is 0 Å². The Morgan fingerprint density at radius 3 is 2.11 bits per heavy atom. The van der Waals surface area contributed by atoms with E-state index in [0.29, 0.717) is 6.54 Å². The van der Waals surface area contributed by atoms with Crippen LogP contribution in [0.25, 0.3) is 0 Å². The summed E-state index contributed by atoms with van der Waals surface area (Å²) in [5.74, 6) is -0.122. The van der Waals surface area contributed by atoms with Gasteiger partial charge in [-0.1, -0.05) is 30.3 Å². The van der Waals surface area contributed by atoms with Gasteiger partial charge >= 0.3 is 0 Å². The Kier molecular flexibility index (Phi) is 7.17. The van der Waals surface area contributed by atoms with Crippen LogP contribution < -0.4 is 10.6 Å². The SMILES string of the molecule is CC(=O)Nc1ccc(NC(=O)CN2CCCN(Cc3ccccc3)CC2)cc1. The van der Waals surface area contributed by atoms with Crippen molar-refractivity contribution in [3.05, 3.63) is 60.2 Å². The molecule has 1 heterocycles. The largest absolute Gasteiger partial charge is 0.326 e. The van der Waals surface area contributed by atoms with E-state index in [4.69, 9.17) is 0 Å². The topological polar surface area (TPSA) is 64.7 Å². The van der Waals surface area contributed by atoms with Crippen molar-refractivity contribution in [2.24, 2.45) is 0 Å². The lowest BCUT2D eigenvalue weighted by Crippen LogP contribution is -2.36. The standard InChI is InChI=1S/C22H28N4O2/c1-18(27)23-20-8-10-21(11-9-20)24-22(28)17-26-13-5-12-25(14-15-26)16-19-6-3-2-4-7-19/h2-4,6-11H,5,12-17H2,1H3,(H,23,27)(H,24,28). The van der Waals surface area contributed by atoms with Crippen molar-refractivity contribution in [1.82, 2.24) is 9.80 Å². The fraction of sp³-hybridized carbons (Fsp3) is 0.364. The zero-order valence-corrected chi connectivity index (χ0v) is 16.4. The minimum Gasteiger partial charge on any atom is -0.326 e. The van der Waals surface area contributed by atoms with Crippen LogP contribution in [0.4, 0.5) is 11.4 Å². The predicted octanol–water partition coefficient (Wildman–Crippen LogP) is 2.79. The quantitative estimate of drug-likeness (QED) is 0.809. The van der Waals surface area contributed by atoms with Crippen molar-refractivity contribution < 1.29 is 9.59 Å². The van der Waals surface area contributed by atoms with E-state index in [1.807, 2.05) is 6.07 Å².